The molecule has 0 radical (unpaired) electrons. The summed E-state index contributed by atoms with van der Waals surface area (Å²) in [6, 6.07) is 8.10. The van der Waals surface area contributed by atoms with Crippen LogP contribution in [-0.2, 0) is 16.6 Å². The normalized spacial score (nSPS) is 13.6. The largest absolute Gasteiger partial charge is 0.495 e. The van der Waals surface area contributed by atoms with E-state index in [0.717, 1.165) is 21.2 Å². The van der Waals surface area contributed by atoms with Gasteiger partial charge >= 0.3 is 0 Å². The van der Waals surface area contributed by atoms with E-state index in [2.05, 4.69) is 20.7 Å². The summed E-state index contributed by atoms with van der Waals surface area (Å²) in [4.78, 5) is 21.1. The van der Waals surface area contributed by atoms with Crippen LogP contribution in [0.4, 0.5) is 5.95 Å². The number of hydrogen-bond acceptors (Lipinski definition) is 7. The zero-order chi connectivity index (χ0) is 23.0. The summed E-state index contributed by atoms with van der Waals surface area (Å²) in [7, 11) is -1.14. The van der Waals surface area contributed by atoms with Gasteiger partial charge in [-0.15, -0.1) is 4.41 Å². The van der Waals surface area contributed by atoms with E-state index < -0.39 is 10.0 Å². The summed E-state index contributed by atoms with van der Waals surface area (Å²) in [5.41, 5.74) is 6.52. The van der Waals surface area contributed by atoms with Gasteiger partial charge in [-0.05, 0) is 37.6 Å². The number of carbonyl (C=O) groups excluding carboxylic acids is 1. The van der Waals surface area contributed by atoms with E-state index in [9.17, 15) is 13.2 Å². The van der Waals surface area contributed by atoms with Gasteiger partial charge in [0.25, 0.3) is 15.9 Å². The molecule has 0 unspecified atom stereocenters. The lowest BCUT2D eigenvalue weighted by Gasteiger charge is -2.19. The summed E-state index contributed by atoms with van der Waals surface area (Å²) in [5.74, 6) is 0.230. The minimum Gasteiger partial charge on any atom is -0.495 e. The standard InChI is InChI=1S/C21H24N6O4S/c1-13-18(14(2)27-12-11-22-20(28)19(13)27)15-9-10-23-21(24-15)25-26(3)32(29,30)17-8-6-5-7-16(17)31-4/h5-10H,11-12H2,1-4H3,(H,22,28)(H,23,24,25). The van der Waals surface area contributed by atoms with Crippen molar-refractivity contribution >= 4 is 21.9 Å². The van der Waals surface area contributed by atoms with Crippen LogP contribution in [0.1, 0.15) is 21.7 Å². The minimum atomic E-state index is -3.92. The molecule has 2 N–H and O–H groups in total. The Morgan fingerprint density at radius 3 is 2.69 bits per heavy atom. The second-order valence-electron chi connectivity index (χ2n) is 7.34. The molecule has 1 aliphatic heterocycles. The number of ether oxygens (including phenoxy) is 1. The van der Waals surface area contributed by atoms with Gasteiger partial charge in [0.1, 0.15) is 16.3 Å². The molecule has 11 heteroatoms. The van der Waals surface area contributed by atoms with Crippen molar-refractivity contribution in [2.24, 2.45) is 0 Å². The summed E-state index contributed by atoms with van der Waals surface area (Å²) in [6.07, 6.45) is 1.55. The number of rotatable bonds is 6. The number of hydrogen-bond donors (Lipinski definition) is 2. The smallest absolute Gasteiger partial charge is 0.268 e. The number of hydrazine groups is 1. The van der Waals surface area contributed by atoms with Crippen molar-refractivity contribution in [3.63, 3.8) is 0 Å². The zero-order valence-corrected chi connectivity index (χ0v) is 19.0. The molecule has 2 aromatic heterocycles. The number of nitrogens with one attached hydrogen (secondary N) is 2. The SMILES string of the molecule is COc1ccccc1S(=O)(=O)N(C)Nc1nccc(-c2c(C)c3n(c2C)CCNC3=O)n1. The van der Waals surface area contributed by atoms with Crippen LogP contribution in [0.15, 0.2) is 41.4 Å². The second-order valence-corrected chi connectivity index (χ2v) is 9.28. The monoisotopic (exact) mass is 456 g/mol. The first kappa shape index (κ1) is 21.8. The average molecular weight is 457 g/mol. The maximum Gasteiger partial charge on any atom is 0.268 e. The molecule has 32 heavy (non-hydrogen) atoms. The second kappa shape index (κ2) is 8.24. The number of amides is 1. The highest BCUT2D eigenvalue weighted by Gasteiger charge is 2.28. The molecule has 0 fully saturated rings. The fourth-order valence-corrected chi connectivity index (χ4v) is 5.09. The Labute approximate surface area is 186 Å². The average Bonchev–Trinajstić information content (AvgIpc) is 3.04. The van der Waals surface area contributed by atoms with Gasteiger partial charge in [-0.25, -0.2) is 18.4 Å². The Bertz CT molecular complexity index is 1300. The number of anilines is 1. The summed E-state index contributed by atoms with van der Waals surface area (Å²) in [6.45, 7) is 5.08. The van der Waals surface area contributed by atoms with E-state index in [0.29, 0.717) is 24.5 Å². The van der Waals surface area contributed by atoms with E-state index >= 15 is 0 Å². The minimum absolute atomic E-state index is 0.0199. The molecule has 1 aromatic carbocycles. The van der Waals surface area contributed by atoms with Gasteiger partial charge < -0.3 is 14.6 Å². The number of nitrogens with zero attached hydrogens (tertiary/aromatic N) is 4. The van der Waals surface area contributed by atoms with Gasteiger partial charge in [-0.3, -0.25) is 10.2 Å². The van der Waals surface area contributed by atoms with E-state index in [-0.39, 0.29) is 22.5 Å². The van der Waals surface area contributed by atoms with Gasteiger partial charge in [0, 0.05) is 37.6 Å². The fourth-order valence-electron chi connectivity index (χ4n) is 3.94. The molecule has 0 atom stereocenters. The molecular weight excluding hydrogens is 432 g/mol. The topological polar surface area (TPSA) is 118 Å². The molecule has 0 bridgehead atoms. The predicted molar refractivity (Wildman–Crippen MR) is 119 cm³/mol. The van der Waals surface area contributed by atoms with Gasteiger partial charge in [0.2, 0.25) is 5.95 Å². The molecule has 168 valence electrons. The lowest BCUT2D eigenvalue weighted by atomic mass is 10.1. The Kier molecular flexibility index (Phi) is 5.61. The number of para-hydroxylation sites is 1. The fraction of sp³-hybridized carbons (Fsp3) is 0.286. The molecule has 0 spiro atoms. The summed E-state index contributed by atoms with van der Waals surface area (Å²) >= 11 is 0. The lowest BCUT2D eigenvalue weighted by molar-refractivity contribution is 0.0926. The van der Waals surface area contributed by atoms with Crippen LogP contribution in [0, 0.1) is 13.8 Å². The summed E-state index contributed by atoms with van der Waals surface area (Å²) < 4.78 is 34.2. The van der Waals surface area contributed by atoms with Crippen LogP contribution in [0.25, 0.3) is 11.3 Å². The number of fused-ring (bicyclic) bond motifs is 1. The van der Waals surface area contributed by atoms with Crippen molar-refractivity contribution in [3.05, 3.63) is 53.5 Å². The van der Waals surface area contributed by atoms with Crippen molar-refractivity contribution < 1.29 is 17.9 Å². The molecule has 3 aromatic rings. The highest BCUT2D eigenvalue weighted by atomic mass is 32.2. The first-order valence-corrected chi connectivity index (χ1v) is 11.4. The van der Waals surface area contributed by atoms with E-state index in [1.807, 2.05) is 18.4 Å². The van der Waals surface area contributed by atoms with Crippen LogP contribution in [0.3, 0.4) is 0 Å². The van der Waals surface area contributed by atoms with Crippen molar-refractivity contribution in [3.8, 4) is 17.0 Å². The Morgan fingerprint density at radius 1 is 1.22 bits per heavy atom. The molecule has 1 aliphatic rings. The molecule has 4 rings (SSSR count). The third kappa shape index (κ3) is 3.59. The Balaban J connectivity index is 1.67. The quantitative estimate of drug-likeness (QED) is 0.544. The third-order valence-electron chi connectivity index (χ3n) is 5.48. The first-order valence-electron chi connectivity index (χ1n) is 9.95. The van der Waals surface area contributed by atoms with Gasteiger partial charge in [-0.1, -0.05) is 12.1 Å². The molecule has 10 nitrogen and oxygen atoms in total. The molecule has 1 amide bonds. The molecule has 0 saturated carbocycles. The van der Waals surface area contributed by atoms with Crippen LogP contribution in [0.2, 0.25) is 0 Å². The van der Waals surface area contributed by atoms with Crippen molar-refractivity contribution in [2.75, 3.05) is 26.1 Å². The highest BCUT2D eigenvalue weighted by molar-refractivity contribution is 7.89. The Hall–Kier alpha value is -3.44. The molecule has 3 heterocycles. The summed E-state index contributed by atoms with van der Waals surface area (Å²) in [5, 5.41) is 2.86. The van der Waals surface area contributed by atoms with Crippen LogP contribution in [-0.4, -0.2) is 54.0 Å². The lowest BCUT2D eigenvalue weighted by Crippen LogP contribution is -2.35. The number of methoxy groups -OCH3 is 1. The van der Waals surface area contributed by atoms with Crippen molar-refractivity contribution in [2.45, 2.75) is 25.3 Å². The molecule has 0 aliphatic carbocycles. The van der Waals surface area contributed by atoms with Crippen molar-refractivity contribution in [1.29, 1.82) is 0 Å². The number of benzene rings is 1. The van der Waals surface area contributed by atoms with Gasteiger partial charge in [0.15, 0.2) is 0 Å². The van der Waals surface area contributed by atoms with Gasteiger partial charge in [0.05, 0.1) is 12.8 Å². The molecule has 0 saturated heterocycles. The van der Waals surface area contributed by atoms with Crippen molar-refractivity contribution in [1.82, 2.24) is 24.3 Å². The maximum atomic E-state index is 13.0. The molecular formula is C21H24N6O4S. The van der Waals surface area contributed by atoms with E-state index in [1.165, 1.54) is 20.2 Å². The Morgan fingerprint density at radius 2 is 1.97 bits per heavy atom. The third-order valence-corrected chi connectivity index (χ3v) is 7.18. The maximum absolute atomic E-state index is 13.0. The zero-order valence-electron chi connectivity index (χ0n) is 18.2. The van der Waals surface area contributed by atoms with Crippen LogP contribution in [0.5, 0.6) is 5.75 Å². The van der Waals surface area contributed by atoms with E-state index in [4.69, 9.17) is 4.74 Å². The van der Waals surface area contributed by atoms with Crippen LogP contribution < -0.4 is 15.5 Å². The number of sulfonamides is 1. The van der Waals surface area contributed by atoms with Gasteiger partial charge in [-0.2, -0.15) is 0 Å². The number of aromatic nitrogens is 3. The van der Waals surface area contributed by atoms with Crippen LogP contribution >= 0.6 is 0 Å². The number of carbonyl (C=O) groups is 1. The first-order chi connectivity index (χ1) is 15.3. The predicted octanol–water partition coefficient (Wildman–Crippen LogP) is 1.96. The highest BCUT2D eigenvalue weighted by Crippen LogP contribution is 2.32. The van der Waals surface area contributed by atoms with E-state index in [1.54, 1.807) is 30.5 Å².